The Morgan fingerprint density at radius 3 is 2.82 bits per heavy atom. The zero-order valence-electron chi connectivity index (χ0n) is 9.57. The molecule has 17 heavy (non-hydrogen) atoms. The van der Waals surface area contributed by atoms with Gasteiger partial charge in [-0.05, 0) is 6.92 Å². The van der Waals surface area contributed by atoms with Crippen LogP contribution >= 0.6 is 11.6 Å². The van der Waals surface area contributed by atoms with Crippen molar-refractivity contribution in [2.75, 3.05) is 5.32 Å². The van der Waals surface area contributed by atoms with E-state index in [1.54, 1.807) is 13.0 Å². The lowest BCUT2D eigenvalue weighted by molar-refractivity contribution is 0.379. The summed E-state index contributed by atoms with van der Waals surface area (Å²) in [6.45, 7) is 4.15. The quantitative estimate of drug-likeness (QED) is 0.840. The highest BCUT2D eigenvalue weighted by molar-refractivity contribution is 6.29. The Morgan fingerprint density at radius 2 is 2.18 bits per heavy atom. The van der Waals surface area contributed by atoms with Crippen LogP contribution in [0.3, 0.4) is 0 Å². The van der Waals surface area contributed by atoms with Crippen molar-refractivity contribution in [1.29, 1.82) is 0 Å². The van der Waals surface area contributed by atoms with Gasteiger partial charge in [0.25, 0.3) is 0 Å². The van der Waals surface area contributed by atoms with Crippen LogP contribution < -0.4 is 5.32 Å². The fourth-order valence-electron chi connectivity index (χ4n) is 1.29. The maximum atomic E-state index is 5.87. The average molecular weight is 254 g/mol. The molecule has 0 atom stereocenters. The number of halogens is 1. The third kappa shape index (κ3) is 3.13. The normalized spacial score (nSPS) is 10.5. The van der Waals surface area contributed by atoms with E-state index >= 15 is 0 Å². The number of hydrogen-bond donors (Lipinski definition) is 1. The van der Waals surface area contributed by atoms with E-state index in [1.165, 1.54) is 0 Å². The van der Waals surface area contributed by atoms with Crippen molar-refractivity contribution >= 4 is 17.4 Å². The summed E-state index contributed by atoms with van der Waals surface area (Å²) in [5.74, 6) is 2.46. The molecule has 2 heterocycles. The number of aryl methyl sites for hydroxylation is 2. The smallest absolute Gasteiger partial charge is 0.245 e. The summed E-state index contributed by atoms with van der Waals surface area (Å²) in [6.07, 6.45) is 0.731. The van der Waals surface area contributed by atoms with Crippen LogP contribution in [0.2, 0.25) is 5.15 Å². The van der Waals surface area contributed by atoms with Crippen LogP contribution in [-0.2, 0) is 13.0 Å². The topological polar surface area (TPSA) is 76.7 Å². The van der Waals surface area contributed by atoms with Crippen molar-refractivity contribution < 1.29 is 4.52 Å². The fourth-order valence-corrected chi connectivity index (χ4v) is 1.49. The molecule has 0 aliphatic carbocycles. The third-order valence-corrected chi connectivity index (χ3v) is 2.24. The average Bonchev–Trinajstić information content (AvgIpc) is 2.72. The maximum absolute atomic E-state index is 5.87. The Morgan fingerprint density at radius 1 is 1.35 bits per heavy atom. The van der Waals surface area contributed by atoms with E-state index in [0.717, 1.165) is 6.42 Å². The molecule has 0 fully saturated rings. The van der Waals surface area contributed by atoms with Gasteiger partial charge < -0.3 is 9.84 Å². The minimum Gasteiger partial charge on any atom is -0.361 e. The summed E-state index contributed by atoms with van der Waals surface area (Å²) in [4.78, 5) is 12.4. The van der Waals surface area contributed by atoms with Crippen molar-refractivity contribution in [2.24, 2.45) is 0 Å². The summed E-state index contributed by atoms with van der Waals surface area (Å²) in [6, 6.07) is 1.66. The predicted octanol–water partition coefficient (Wildman–Crippen LogP) is 2.00. The molecular formula is C10H12ClN5O. The Kier molecular flexibility index (Phi) is 3.53. The van der Waals surface area contributed by atoms with Crippen LogP contribution in [0, 0.1) is 6.92 Å². The van der Waals surface area contributed by atoms with Gasteiger partial charge in [0.15, 0.2) is 5.82 Å². The number of nitrogens with one attached hydrogen (secondary N) is 1. The lowest BCUT2D eigenvalue weighted by Crippen LogP contribution is -2.04. The molecule has 0 radical (unpaired) electrons. The second-order valence-electron chi connectivity index (χ2n) is 3.43. The minimum atomic E-state index is 0.414. The summed E-state index contributed by atoms with van der Waals surface area (Å²) < 4.78 is 4.97. The number of rotatable bonds is 4. The summed E-state index contributed by atoms with van der Waals surface area (Å²) in [5, 5.41) is 7.17. The Bertz CT molecular complexity index is 513. The maximum Gasteiger partial charge on any atom is 0.245 e. The van der Waals surface area contributed by atoms with Gasteiger partial charge in [0.2, 0.25) is 5.89 Å². The molecule has 0 aromatic carbocycles. The zero-order chi connectivity index (χ0) is 12.3. The molecule has 0 bridgehead atoms. The molecule has 0 aliphatic heterocycles. The van der Waals surface area contributed by atoms with E-state index in [4.69, 9.17) is 16.1 Å². The van der Waals surface area contributed by atoms with E-state index in [-0.39, 0.29) is 0 Å². The third-order valence-electron chi connectivity index (χ3n) is 2.05. The van der Waals surface area contributed by atoms with E-state index in [2.05, 4.69) is 25.4 Å². The van der Waals surface area contributed by atoms with Crippen LogP contribution in [0.15, 0.2) is 10.6 Å². The molecule has 0 saturated carbocycles. The van der Waals surface area contributed by atoms with Gasteiger partial charge in [0, 0.05) is 12.5 Å². The number of anilines is 1. The molecule has 0 saturated heterocycles. The summed E-state index contributed by atoms with van der Waals surface area (Å²) >= 11 is 5.87. The monoisotopic (exact) mass is 253 g/mol. The molecule has 2 aromatic heterocycles. The molecular weight excluding hydrogens is 242 g/mol. The summed E-state index contributed by atoms with van der Waals surface area (Å²) in [7, 11) is 0. The number of aromatic nitrogens is 4. The standard InChI is InChI=1S/C10H12ClN5O/c1-3-8-14-7(11)4-9(15-8)12-5-10-13-6(2)16-17-10/h4H,3,5H2,1-2H3,(H,12,14,15). The van der Waals surface area contributed by atoms with Crippen LogP contribution in [0.25, 0.3) is 0 Å². The van der Waals surface area contributed by atoms with Gasteiger partial charge in [0.05, 0.1) is 6.54 Å². The highest BCUT2D eigenvalue weighted by Crippen LogP contribution is 2.12. The van der Waals surface area contributed by atoms with E-state index in [1.807, 2.05) is 6.92 Å². The van der Waals surface area contributed by atoms with Crippen molar-refractivity contribution in [1.82, 2.24) is 20.1 Å². The molecule has 0 spiro atoms. The molecule has 1 N–H and O–H groups in total. The van der Waals surface area contributed by atoms with Gasteiger partial charge in [-0.15, -0.1) is 0 Å². The first-order chi connectivity index (χ1) is 8.17. The van der Waals surface area contributed by atoms with Crippen molar-refractivity contribution in [3.8, 4) is 0 Å². The molecule has 2 aromatic rings. The molecule has 2 rings (SSSR count). The highest BCUT2D eigenvalue weighted by Gasteiger charge is 2.05. The molecule has 0 amide bonds. The zero-order valence-corrected chi connectivity index (χ0v) is 10.3. The molecule has 7 heteroatoms. The van der Waals surface area contributed by atoms with Crippen molar-refractivity contribution in [2.45, 2.75) is 26.8 Å². The molecule has 0 unspecified atom stereocenters. The van der Waals surface area contributed by atoms with E-state index in [0.29, 0.717) is 35.1 Å². The second kappa shape index (κ2) is 5.09. The lowest BCUT2D eigenvalue weighted by Gasteiger charge is -2.04. The van der Waals surface area contributed by atoms with Gasteiger partial charge in [-0.1, -0.05) is 23.7 Å². The number of hydrogen-bond acceptors (Lipinski definition) is 6. The first kappa shape index (κ1) is 11.8. The largest absolute Gasteiger partial charge is 0.361 e. The van der Waals surface area contributed by atoms with Gasteiger partial charge in [-0.2, -0.15) is 4.98 Å². The van der Waals surface area contributed by atoms with Gasteiger partial charge >= 0.3 is 0 Å². The predicted molar refractivity (Wildman–Crippen MR) is 62.8 cm³/mol. The van der Waals surface area contributed by atoms with Gasteiger partial charge in [-0.25, -0.2) is 9.97 Å². The van der Waals surface area contributed by atoms with E-state index < -0.39 is 0 Å². The molecule has 90 valence electrons. The van der Waals surface area contributed by atoms with Crippen LogP contribution in [0.5, 0.6) is 0 Å². The van der Waals surface area contributed by atoms with Gasteiger partial charge in [0.1, 0.15) is 16.8 Å². The van der Waals surface area contributed by atoms with Crippen LogP contribution in [0.1, 0.15) is 24.5 Å². The van der Waals surface area contributed by atoms with Crippen molar-refractivity contribution in [3.63, 3.8) is 0 Å². The first-order valence-electron chi connectivity index (χ1n) is 5.24. The van der Waals surface area contributed by atoms with E-state index in [9.17, 15) is 0 Å². The SMILES string of the molecule is CCc1nc(Cl)cc(NCc2nc(C)no2)n1. The van der Waals surface area contributed by atoms with Crippen molar-refractivity contribution in [3.05, 3.63) is 28.8 Å². The second-order valence-corrected chi connectivity index (χ2v) is 3.82. The number of nitrogens with zero attached hydrogens (tertiary/aromatic N) is 4. The van der Waals surface area contributed by atoms with Crippen LogP contribution in [-0.4, -0.2) is 20.1 Å². The molecule has 6 nitrogen and oxygen atoms in total. The summed E-state index contributed by atoms with van der Waals surface area (Å²) in [5.41, 5.74) is 0. The highest BCUT2D eigenvalue weighted by atomic mass is 35.5. The Balaban J connectivity index is 2.05. The van der Waals surface area contributed by atoms with Gasteiger partial charge in [-0.3, -0.25) is 0 Å². The first-order valence-corrected chi connectivity index (χ1v) is 5.61. The lowest BCUT2D eigenvalue weighted by atomic mass is 10.4. The van der Waals surface area contributed by atoms with Crippen LogP contribution in [0.4, 0.5) is 5.82 Å². The fraction of sp³-hybridized carbons (Fsp3) is 0.400. The Labute approximate surface area is 103 Å². The minimum absolute atomic E-state index is 0.414. The Hall–Kier alpha value is -1.69. The molecule has 0 aliphatic rings.